The number of nitrogens with zero attached hydrogens (tertiary/aromatic N) is 7. The second kappa shape index (κ2) is 25.0. The second-order valence-electron chi connectivity index (χ2n) is 18.5. The Morgan fingerprint density at radius 1 is 0.690 bits per heavy atom. The first kappa shape index (κ1) is 53.5. The van der Waals surface area contributed by atoms with Crippen molar-refractivity contribution in [2.75, 3.05) is 65.8 Å². The van der Waals surface area contributed by atoms with E-state index in [1.165, 1.54) is 59.5 Å². The monoisotopic (exact) mass is 1030 g/mol. The number of fused-ring (bicyclic) bond motifs is 2. The van der Waals surface area contributed by atoms with Gasteiger partial charge in [-0.2, -0.15) is 0 Å². The van der Waals surface area contributed by atoms with E-state index in [4.69, 9.17) is 28.9 Å². The molecule has 0 bridgehead atoms. The van der Waals surface area contributed by atoms with Crippen LogP contribution in [0.2, 0.25) is 0 Å². The summed E-state index contributed by atoms with van der Waals surface area (Å²) in [6.07, 6.45) is 19.4. The van der Waals surface area contributed by atoms with E-state index in [0.717, 1.165) is 128 Å². The average molecular weight is 1030 g/mol. The third kappa shape index (κ3) is 12.3. The van der Waals surface area contributed by atoms with Gasteiger partial charge in [0.2, 0.25) is 0 Å². The Morgan fingerprint density at radius 2 is 1.23 bits per heavy atom. The summed E-state index contributed by atoms with van der Waals surface area (Å²) in [6, 6.07) is 14.3. The number of ether oxygens (including phenoxy) is 4. The Labute approximate surface area is 447 Å². The molecule has 4 aliphatic rings. The summed E-state index contributed by atoms with van der Waals surface area (Å²) >= 11 is 2.96. The van der Waals surface area contributed by atoms with Gasteiger partial charge in [0.25, 0.3) is 20.4 Å². The Kier molecular flexibility index (Phi) is 18.8. The van der Waals surface area contributed by atoms with Gasteiger partial charge in [-0.25, -0.2) is 32.3 Å². The quantitative estimate of drug-likeness (QED) is 0.122. The van der Waals surface area contributed by atoms with Gasteiger partial charge in [-0.15, -0.1) is 0 Å². The zero-order valence-electron chi connectivity index (χ0n) is 41.2. The van der Waals surface area contributed by atoms with Crippen LogP contribution in [0.1, 0.15) is 101 Å². The molecule has 11 rings (SSSR count). The number of rotatable bonds is 12. The molecule has 0 atom stereocenters. The molecule has 2 saturated carbocycles. The van der Waals surface area contributed by atoms with Gasteiger partial charge in [-0.05, 0) is 125 Å². The van der Waals surface area contributed by atoms with E-state index in [9.17, 15) is 8.42 Å². The van der Waals surface area contributed by atoms with Gasteiger partial charge in [-0.1, -0.05) is 40.9 Å². The number of benzene rings is 1. The summed E-state index contributed by atoms with van der Waals surface area (Å²) in [5, 5.41) is 7.24. The largest absolute Gasteiger partial charge is 1.00 e. The normalized spacial score (nSPS) is 21.5. The van der Waals surface area contributed by atoms with Crippen molar-refractivity contribution < 1.29 is 62.4 Å². The van der Waals surface area contributed by atoms with Gasteiger partial charge in [0.05, 0.1) is 42.7 Å². The van der Waals surface area contributed by atoms with Gasteiger partial charge in [0.1, 0.15) is 5.65 Å². The van der Waals surface area contributed by atoms with Crippen LogP contribution in [0.3, 0.4) is 0 Å². The van der Waals surface area contributed by atoms with Crippen LogP contribution in [0.25, 0.3) is 44.6 Å². The van der Waals surface area contributed by atoms with Crippen molar-refractivity contribution in [3.05, 3.63) is 89.1 Å². The molecule has 2 saturated heterocycles. The maximum atomic E-state index is 13.7. The van der Waals surface area contributed by atoms with Crippen molar-refractivity contribution in [1.82, 2.24) is 38.7 Å². The number of H-pyrrole nitrogens is 1. The fourth-order valence-corrected chi connectivity index (χ4v) is 13.6. The van der Waals surface area contributed by atoms with Gasteiger partial charge in [0, 0.05) is 109 Å². The molecule has 7 aromatic rings. The fourth-order valence-electron chi connectivity index (χ4n) is 10.8. The molecule has 2 N–H and O–H groups in total. The molecule has 2 aliphatic heterocycles. The van der Waals surface area contributed by atoms with Gasteiger partial charge in [-0.3, -0.25) is 9.80 Å². The summed E-state index contributed by atoms with van der Waals surface area (Å²) in [4.78, 5) is 27.6. The topological polar surface area (TPSA) is 180 Å². The average Bonchev–Trinajstić information content (AvgIpc) is 4.14. The molecule has 4 fully saturated rings. The van der Waals surface area contributed by atoms with Crippen LogP contribution in [0.15, 0.2) is 82.9 Å². The summed E-state index contributed by atoms with van der Waals surface area (Å²) in [6.45, 7) is 13.0. The molecular formula is C52H65N8NaO7S3. The molecular weight excluding hydrogens is 968 g/mol. The van der Waals surface area contributed by atoms with Crippen molar-refractivity contribution >= 4 is 54.8 Å². The summed E-state index contributed by atoms with van der Waals surface area (Å²) in [5.74, 6) is 0.997. The maximum absolute atomic E-state index is 13.7. The molecule has 8 heterocycles. The first-order valence-corrected chi connectivity index (χ1v) is 28.2. The van der Waals surface area contributed by atoms with Crippen LogP contribution in [0, 0.1) is 0 Å². The zero-order chi connectivity index (χ0) is 47.2. The molecule has 15 nitrogen and oxygen atoms in total. The predicted octanol–water partition coefficient (Wildman–Crippen LogP) is 7.20. The number of hydrogen-bond acceptors (Lipinski definition) is 15. The number of thiazole rings is 2. The van der Waals surface area contributed by atoms with Crippen LogP contribution < -0.4 is 39.0 Å². The maximum Gasteiger partial charge on any atom is 1.00 e. The van der Waals surface area contributed by atoms with Crippen molar-refractivity contribution in [3.63, 3.8) is 0 Å². The van der Waals surface area contributed by atoms with Crippen LogP contribution >= 0.6 is 22.7 Å². The molecule has 19 heteroatoms. The summed E-state index contributed by atoms with van der Waals surface area (Å²) in [5.41, 5.74) is 7.39. The van der Waals surface area contributed by atoms with Crippen molar-refractivity contribution in [2.45, 2.75) is 107 Å². The Bertz CT molecular complexity index is 2880. The fraction of sp³-hybridized carbons (Fsp3) is 0.500. The molecule has 0 unspecified atom stereocenters. The molecule has 0 amide bonds. The SMILES string of the molecule is CCOc1nc(-c2c[nH]c3ncc(C4CCC(N5CCCOCC5)CC4)cc23)cs1.CCOc1nc(-c2cn(S(=O)(=O)c3ccccc3)c3ncc(C4CCC(N5CCCOCC5)CC4)cc23)cs1.[Na+].[OH-]. The van der Waals surface area contributed by atoms with E-state index < -0.39 is 10.0 Å². The Balaban J connectivity index is 0.000000191. The molecule has 6 aromatic heterocycles. The van der Waals surface area contributed by atoms with E-state index in [1.54, 1.807) is 41.8 Å². The number of aromatic nitrogens is 6. The van der Waals surface area contributed by atoms with Crippen molar-refractivity contribution in [2.24, 2.45) is 0 Å². The third-order valence-corrected chi connectivity index (χ3v) is 17.6. The van der Waals surface area contributed by atoms with Crippen LogP contribution in [-0.4, -0.2) is 130 Å². The smallest absolute Gasteiger partial charge is 0.870 e. The van der Waals surface area contributed by atoms with E-state index in [-0.39, 0.29) is 39.9 Å². The van der Waals surface area contributed by atoms with Crippen LogP contribution in [0.4, 0.5) is 0 Å². The molecule has 2 aliphatic carbocycles. The van der Waals surface area contributed by atoms with E-state index in [1.807, 2.05) is 37.7 Å². The minimum atomic E-state index is -3.83. The van der Waals surface area contributed by atoms with E-state index in [0.29, 0.717) is 47.6 Å². The molecule has 1 aromatic carbocycles. The zero-order valence-corrected chi connectivity index (χ0v) is 45.7. The van der Waals surface area contributed by atoms with Gasteiger partial charge < -0.3 is 29.4 Å². The van der Waals surface area contributed by atoms with Crippen molar-refractivity contribution in [3.8, 4) is 32.9 Å². The Hall–Kier alpha value is -3.79. The van der Waals surface area contributed by atoms with Gasteiger partial charge >= 0.3 is 29.6 Å². The second-order valence-corrected chi connectivity index (χ2v) is 22.0. The molecule has 0 spiro atoms. The van der Waals surface area contributed by atoms with E-state index >= 15 is 0 Å². The molecule has 71 heavy (non-hydrogen) atoms. The molecule has 0 radical (unpaired) electrons. The number of pyridine rings is 2. The minimum Gasteiger partial charge on any atom is -0.870 e. The first-order chi connectivity index (χ1) is 33.9. The molecule has 374 valence electrons. The van der Waals surface area contributed by atoms with Crippen LogP contribution in [-0.2, 0) is 19.5 Å². The van der Waals surface area contributed by atoms with Crippen molar-refractivity contribution in [1.29, 1.82) is 0 Å². The predicted molar refractivity (Wildman–Crippen MR) is 275 cm³/mol. The number of hydrogen-bond donors (Lipinski definition) is 1. The minimum absolute atomic E-state index is 0. The number of nitrogens with one attached hydrogen (secondary N) is 1. The van der Waals surface area contributed by atoms with E-state index in [2.05, 4.69) is 48.5 Å². The third-order valence-electron chi connectivity index (χ3n) is 14.4. The Morgan fingerprint density at radius 3 is 1.79 bits per heavy atom. The van der Waals surface area contributed by atoms with Crippen LogP contribution in [0.5, 0.6) is 10.4 Å². The number of aromatic amines is 1. The summed E-state index contributed by atoms with van der Waals surface area (Å²) < 4.78 is 51.1. The standard InChI is InChI=1S/C29H34N4O4S2.C23H30N4O2S.Na.H2O/c1-2-37-29-31-27(20-38-29)26-19-33(39(34,35)24-7-4-3-5-8-24)28-25(26)17-22(18-30-28)21-9-11-23(12-10-21)32-13-6-15-36-16-14-32;1-2-29-23-26-21(15-30-23)20-14-25-22-19(20)12-17(13-24-22)16-4-6-18(7-5-16)27-8-3-10-28-11-9-27;;/h3-5,7-8,17-21,23H,2,6,9-16H2,1H3;12-16,18H,2-11H2,1H3,(H,24,25);;1H2/q;;+1;/p-1. The first-order valence-electron chi connectivity index (χ1n) is 25.0. The van der Waals surface area contributed by atoms with Gasteiger partial charge in [0.15, 0.2) is 5.65 Å². The summed E-state index contributed by atoms with van der Waals surface area (Å²) in [7, 11) is -3.83.